The van der Waals surface area contributed by atoms with E-state index in [4.69, 9.17) is 9.47 Å². The molecule has 0 fully saturated rings. The molecule has 0 unspecified atom stereocenters. The van der Waals surface area contributed by atoms with Crippen LogP contribution in [0.4, 0.5) is 0 Å². The summed E-state index contributed by atoms with van der Waals surface area (Å²) >= 11 is 0. The van der Waals surface area contributed by atoms with Crippen LogP contribution < -0.4 is 14.8 Å². The van der Waals surface area contributed by atoms with Crippen molar-refractivity contribution in [1.82, 2.24) is 10.3 Å². The van der Waals surface area contributed by atoms with Crippen LogP contribution in [0.2, 0.25) is 0 Å². The maximum atomic E-state index is 11.7. The third kappa shape index (κ3) is 2.02. The minimum absolute atomic E-state index is 0.103. The Morgan fingerprint density at radius 2 is 2.17 bits per heavy atom. The summed E-state index contributed by atoms with van der Waals surface area (Å²) in [6.07, 6.45) is 3.38. The van der Waals surface area contributed by atoms with E-state index in [1.807, 2.05) is 18.2 Å². The Kier molecular flexibility index (Phi) is 2.64. The molecule has 2 N–H and O–H groups in total. The van der Waals surface area contributed by atoms with E-state index in [2.05, 4.69) is 10.3 Å². The molecule has 0 bridgehead atoms. The summed E-state index contributed by atoms with van der Waals surface area (Å²) in [5, 5.41) is 2.84. The number of rotatable bonds is 3. The molecular weight excluding hydrogens is 232 g/mol. The van der Waals surface area contributed by atoms with Crippen LogP contribution >= 0.6 is 0 Å². The lowest BCUT2D eigenvalue weighted by Crippen LogP contribution is -2.22. The summed E-state index contributed by atoms with van der Waals surface area (Å²) in [5.74, 6) is 1.37. The SMILES string of the molecule is O=C(NCc1ccc2c(c1)OCO2)c1cc[nH]c1. The van der Waals surface area contributed by atoms with Crippen LogP contribution in [-0.4, -0.2) is 17.7 Å². The Labute approximate surface area is 104 Å². The van der Waals surface area contributed by atoms with Gasteiger partial charge in [-0.25, -0.2) is 0 Å². The lowest BCUT2D eigenvalue weighted by atomic mass is 10.2. The van der Waals surface area contributed by atoms with Crippen molar-refractivity contribution < 1.29 is 14.3 Å². The number of amides is 1. The molecule has 0 saturated heterocycles. The third-order valence-corrected chi connectivity index (χ3v) is 2.75. The minimum Gasteiger partial charge on any atom is -0.454 e. The molecule has 1 amide bonds. The second-order valence-electron chi connectivity index (χ2n) is 3.97. The lowest BCUT2D eigenvalue weighted by molar-refractivity contribution is 0.0951. The van der Waals surface area contributed by atoms with Crippen molar-refractivity contribution in [3.63, 3.8) is 0 Å². The van der Waals surface area contributed by atoms with Gasteiger partial charge < -0.3 is 19.8 Å². The van der Waals surface area contributed by atoms with Gasteiger partial charge in [-0.2, -0.15) is 0 Å². The van der Waals surface area contributed by atoms with Crippen molar-refractivity contribution in [3.8, 4) is 11.5 Å². The summed E-state index contributed by atoms with van der Waals surface area (Å²) in [6, 6.07) is 7.36. The fourth-order valence-corrected chi connectivity index (χ4v) is 1.80. The Morgan fingerprint density at radius 1 is 1.28 bits per heavy atom. The average Bonchev–Trinajstić information content (AvgIpc) is 3.05. The molecule has 0 atom stereocenters. The van der Waals surface area contributed by atoms with Crippen molar-refractivity contribution in [2.24, 2.45) is 0 Å². The van der Waals surface area contributed by atoms with E-state index in [-0.39, 0.29) is 12.7 Å². The minimum atomic E-state index is -0.103. The second-order valence-corrected chi connectivity index (χ2v) is 3.97. The summed E-state index contributed by atoms with van der Waals surface area (Å²) in [4.78, 5) is 14.6. The summed E-state index contributed by atoms with van der Waals surface area (Å²) in [5.41, 5.74) is 1.60. The fraction of sp³-hybridized carbons (Fsp3) is 0.154. The highest BCUT2D eigenvalue weighted by atomic mass is 16.7. The van der Waals surface area contributed by atoms with Gasteiger partial charge in [-0.3, -0.25) is 4.79 Å². The number of benzene rings is 1. The molecule has 3 rings (SSSR count). The predicted molar refractivity (Wildman–Crippen MR) is 64.5 cm³/mol. The molecule has 2 heterocycles. The Hall–Kier alpha value is -2.43. The lowest BCUT2D eigenvalue weighted by Gasteiger charge is -2.05. The summed E-state index contributed by atoms with van der Waals surface area (Å²) in [7, 11) is 0. The molecule has 0 spiro atoms. The first-order valence-corrected chi connectivity index (χ1v) is 5.62. The van der Waals surface area contributed by atoms with Gasteiger partial charge in [0.2, 0.25) is 6.79 Å². The van der Waals surface area contributed by atoms with Gasteiger partial charge in [-0.1, -0.05) is 6.07 Å². The fourth-order valence-electron chi connectivity index (χ4n) is 1.80. The number of ether oxygens (including phenoxy) is 2. The highest BCUT2D eigenvalue weighted by Gasteiger charge is 2.13. The van der Waals surface area contributed by atoms with Crippen LogP contribution in [0.25, 0.3) is 0 Å². The monoisotopic (exact) mass is 244 g/mol. The first kappa shape index (κ1) is 10.7. The molecular formula is C13H12N2O3. The normalized spacial score (nSPS) is 12.4. The smallest absolute Gasteiger partial charge is 0.253 e. The molecule has 1 aliphatic heterocycles. The number of carbonyl (C=O) groups excluding carboxylic acids is 1. The second kappa shape index (κ2) is 4.44. The van der Waals surface area contributed by atoms with Gasteiger partial charge in [0.05, 0.1) is 5.56 Å². The molecule has 5 nitrogen and oxygen atoms in total. The van der Waals surface area contributed by atoms with E-state index >= 15 is 0 Å². The average molecular weight is 244 g/mol. The van der Waals surface area contributed by atoms with Crippen molar-refractivity contribution in [3.05, 3.63) is 47.8 Å². The summed E-state index contributed by atoms with van der Waals surface area (Å²) < 4.78 is 10.5. The van der Waals surface area contributed by atoms with Crippen molar-refractivity contribution in [2.45, 2.75) is 6.54 Å². The number of aromatic amines is 1. The molecule has 5 heteroatoms. The van der Waals surface area contributed by atoms with Crippen LogP contribution in [0.3, 0.4) is 0 Å². The number of aromatic nitrogens is 1. The van der Waals surface area contributed by atoms with E-state index in [1.165, 1.54) is 0 Å². The van der Waals surface area contributed by atoms with Gasteiger partial charge in [0, 0.05) is 18.9 Å². The first-order chi connectivity index (χ1) is 8.83. The molecule has 18 heavy (non-hydrogen) atoms. The van der Waals surface area contributed by atoms with Crippen LogP contribution in [0.1, 0.15) is 15.9 Å². The standard InChI is InChI=1S/C13H12N2O3/c16-13(10-3-4-14-7-10)15-6-9-1-2-11-12(5-9)18-8-17-11/h1-5,7,14H,6,8H2,(H,15,16). The molecule has 0 aliphatic carbocycles. The van der Waals surface area contributed by atoms with E-state index in [1.54, 1.807) is 18.5 Å². The zero-order valence-corrected chi connectivity index (χ0v) is 9.60. The van der Waals surface area contributed by atoms with E-state index < -0.39 is 0 Å². The van der Waals surface area contributed by atoms with Gasteiger partial charge in [-0.05, 0) is 23.8 Å². The Morgan fingerprint density at radius 3 is 3.00 bits per heavy atom. The van der Waals surface area contributed by atoms with Crippen LogP contribution in [-0.2, 0) is 6.54 Å². The van der Waals surface area contributed by atoms with E-state index in [0.29, 0.717) is 12.1 Å². The quantitative estimate of drug-likeness (QED) is 0.863. The zero-order chi connectivity index (χ0) is 12.4. The third-order valence-electron chi connectivity index (χ3n) is 2.75. The first-order valence-electron chi connectivity index (χ1n) is 5.62. The molecule has 0 saturated carbocycles. The van der Waals surface area contributed by atoms with Crippen molar-refractivity contribution in [1.29, 1.82) is 0 Å². The predicted octanol–water partition coefficient (Wildman–Crippen LogP) is 1.67. The van der Waals surface area contributed by atoms with Gasteiger partial charge in [0.15, 0.2) is 11.5 Å². The highest BCUT2D eigenvalue weighted by Crippen LogP contribution is 2.32. The number of hydrogen-bond acceptors (Lipinski definition) is 3. The van der Waals surface area contributed by atoms with E-state index in [0.717, 1.165) is 17.1 Å². The van der Waals surface area contributed by atoms with Crippen molar-refractivity contribution in [2.75, 3.05) is 6.79 Å². The highest BCUT2D eigenvalue weighted by molar-refractivity contribution is 5.93. The maximum absolute atomic E-state index is 11.7. The molecule has 92 valence electrons. The topological polar surface area (TPSA) is 63.4 Å². The van der Waals surface area contributed by atoms with Gasteiger partial charge in [0.1, 0.15) is 0 Å². The Balaban J connectivity index is 1.65. The van der Waals surface area contributed by atoms with Gasteiger partial charge >= 0.3 is 0 Å². The zero-order valence-electron chi connectivity index (χ0n) is 9.60. The number of fused-ring (bicyclic) bond motifs is 1. The van der Waals surface area contributed by atoms with E-state index in [9.17, 15) is 4.79 Å². The largest absolute Gasteiger partial charge is 0.454 e. The number of nitrogens with one attached hydrogen (secondary N) is 2. The maximum Gasteiger partial charge on any atom is 0.253 e. The van der Waals surface area contributed by atoms with Crippen molar-refractivity contribution >= 4 is 5.91 Å². The number of hydrogen-bond donors (Lipinski definition) is 2. The molecule has 1 aromatic carbocycles. The molecule has 0 radical (unpaired) electrons. The number of carbonyl (C=O) groups is 1. The van der Waals surface area contributed by atoms with Gasteiger partial charge in [-0.15, -0.1) is 0 Å². The molecule has 1 aliphatic rings. The van der Waals surface area contributed by atoms with Crippen LogP contribution in [0, 0.1) is 0 Å². The summed E-state index contributed by atoms with van der Waals surface area (Å²) in [6.45, 7) is 0.717. The van der Waals surface area contributed by atoms with Crippen LogP contribution in [0.15, 0.2) is 36.7 Å². The Bertz CT molecular complexity index is 564. The number of H-pyrrole nitrogens is 1. The van der Waals surface area contributed by atoms with Gasteiger partial charge in [0.25, 0.3) is 5.91 Å². The van der Waals surface area contributed by atoms with Crippen LogP contribution in [0.5, 0.6) is 11.5 Å². The molecule has 2 aromatic rings. The molecule has 1 aromatic heterocycles.